The van der Waals surface area contributed by atoms with Crippen LogP contribution in [0.1, 0.15) is 17.5 Å². The highest BCUT2D eigenvalue weighted by Crippen LogP contribution is 2.44. The zero-order valence-electron chi connectivity index (χ0n) is 11.4. The first-order valence-electron chi connectivity index (χ1n) is 6.39. The van der Waals surface area contributed by atoms with E-state index in [-0.39, 0.29) is 10.6 Å². The molecule has 2 rings (SSSR count). The predicted molar refractivity (Wildman–Crippen MR) is 73.1 cm³/mol. The van der Waals surface area contributed by atoms with Gasteiger partial charge < -0.3 is 4.90 Å². The Labute approximate surface area is 132 Å². The lowest BCUT2D eigenvalue weighted by molar-refractivity contribution is -0.289. The number of nitrogens with one attached hydrogen (secondary N) is 1. The van der Waals surface area contributed by atoms with E-state index in [9.17, 15) is 26.7 Å². The van der Waals surface area contributed by atoms with Crippen molar-refractivity contribution in [3.8, 4) is 0 Å². The fourth-order valence-corrected chi connectivity index (χ4v) is 2.50. The summed E-state index contributed by atoms with van der Waals surface area (Å²) in [4.78, 5) is 12.7. The fraction of sp³-hybridized carbons (Fsp3) is 0.385. The average molecular weight is 354 g/mol. The molecule has 0 aromatic heterocycles. The van der Waals surface area contributed by atoms with Crippen molar-refractivity contribution in [1.29, 1.82) is 0 Å². The number of thiocarbonyl (C=S) groups is 1. The first-order chi connectivity index (χ1) is 10.6. The van der Waals surface area contributed by atoms with E-state index in [0.717, 1.165) is 6.07 Å². The van der Waals surface area contributed by atoms with Gasteiger partial charge in [-0.05, 0) is 12.5 Å². The largest absolute Gasteiger partial charge is 0.458 e. The van der Waals surface area contributed by atoms with Gasteiger partial charge >= 0.3 is 12.1 Å². The Kier molecular flexibility index (Phi) is 4.58. The minimum atomic E-state index is -5.72. The molecule has 1 fully saturated rings. The number of rotatable bonds is 3. The summed E-state index contributed by atoms with van der Waals surface area (Å²) < 4.78 is 64.1. The van der Waals surface area contributed by atoms with Crippen molar-refractivity contribution in [2.45, 2.75) is 24.6 Å². The highest BCUT2D eigenvalue weighted by Gasteiger charge is 2.58. The molecule has 4 nitrogen and oxygen atoms in total. The fourth-order valence-electron chi connectivity index (χ4n) is 2.15. The third-order valence-electron chi connectivity index (χ3n) is 3.52. The molecule has 0 bridgehead atoms. The van der Waals surface area contributed by atoms with Gasteiger partial charge in [-0.2, -0.15) is 22.0 Å². The Morgan fingerprint density at radius 3 is 2.43 bits per heavy atom. The van der Waals surface area contributed by atoms with Crippen molar-refractivity contribution in [3.63, 3.8) is 0 Å². The Morgan fingerprint density at radius 1 is 1.30 bits per heavy atom. The summed E-state index contributed by atoms with van der Waals surface area (Å²) in [5, 5.41) is 8.59. The number of halogens is 5. The third-order valence-corrected chi connectivity index (χ3v) is 3.99. The summed E-state index contributed by atoms with van der Waals surface area (Å²) >= 11 is 5.05. The van der Waals surface area contributed by atoms with Gasteiger partial charge in [0.2, 0.25) is 0 Å². The van der Waals surface area contributed by atoms with Crippen LogP contribution in [0.5, 0.6) is 0 Å². The van der Waals surface area contributed by atoms with Crippen LogP contribution in [0.4, 0.5) is 22.0 Å². The molecular weight excluding hydrogens is 343 g/mol. The van der Waals surface area contributed by atoms with Crippen LogP contribution in [0.2, 0.25) is 0 Å². The molecule has 2 N–H and O–H groups in total. The lowest BCUT2D eigenvalue weighted by atomic mass is 9.99. The third kappa shape index (κ3) is 3.13. The van der Waals surface area contributed by atoms with Crippen molar-refractivity contribution in [3.05, 3.63) is 35.4 Å². The first kappa shape index (κ1) is 17.5. The van der Waals surface area contributed by atoms with Crippen LogP contribution in [-0.2, 0) is 10.7 Å². The molecule has 0 radical (unpaired) electrons. The van der Waals surface area contributed by atoms with E-state index in [1.54, 1.807) is 0 Å². The molecule has 126 valence electrons. The van der Waals surface area contributed by atoms with E-state index in [1.807, 2.05) is 0 Å². The normalized spacial score (nSPS) is 18.3. The quantitative estimate of drug-likeness (QED) is 0.379. The maximum atomic E-state index is 13.4. The Morgan fingerprint density at radius 2 is 1.96 bits per heavy atom. The summed E-state index contributed by atoms with van der Waals surface area (Å²) in [5.41, 5.74) is 0.191. The molecule has 1 aliphatic rings. The smallest absolute Gasteiger partial charge is 0.350 e. The number of likely N-dealkylation sites (tertiary alicyclic amines) is 1. The second kappa shape index (κ2) is 6.00. The molecule has 1 aromatic rings. The number of carbonyl (C=O) groups excluding carboxylic acids is 1. The summed E-state index contributed by atoms with van der Waals surface area (Å²) in [7, 11) is 0. The highest BCUT2D eigenvalue weighted by molar-refractivity contribution is 7.80. The van der Waals surface area contributed by atoms with Gasteiger partial charge in [-0.3, -0.25) is 10.0 Å². The molecule has 1 aliphatic heterocycles. The van der Waals surface area contributed by atoms with E-state index in [2.05, 4.69) is 0 Å². The lowest BCUT2D eigenvalue weighted by Gasteiger charge is -2.41. The zero-order chi connectivity index (χ0) is 17.4. The summed E-state index contributed by atoms with van der Waals surface area (Å²) in [5.74, 6) is -5.73. The predicted octanol–water partition coefficient (Wildman–Crippen LogP) is 2.60. The van der Waals surface area contributed by atoms with E-state index >= 15 is 0 Å². The van der Waals surface area contributed by atoms with Crippen LogP contribution in [0.15, 0.2) is 24.3 Å². The maximum Gasteiger partial charge on any atom is 0.458 e. The van der Waals surface area contributed by atoms with Gasteiger partial charge in [0, 0.05) is 17.7 Å². The Hall–Kier alpha value is -1.81. The molecule has 10 heteroatoms. The standard InChI is InChI=1S/C13H11F5N2O2S/c14-12(15,13(16,17)18)8-3-1-2-7(6-8)11(23)20-5-4-9(20)10(21)19-22/h1-3,6,9,22H,4-5H2,(H,19,21)/t9-/m1/s1. The number of hydrogen-bond acceptors (Lipinski definition) is 3. The van der Waals surface area contributed by atoms with Gasteiger partial charge in [0.15, 0.2) is 0 Å². The number of hydroxylamine groups is 1. The first-order valence-corrected chi connectivity index (χ1v) is 6.80. The van der Waals surface area contributed by atoms with Crippen LogP contribution in [-0.4, -0.2) is 39.8 Å². The van der Waals surface area contributed by atoms with E-state index in [0.29, 0.717) is 25.1 Å². The molecule has 1 aromatic carbocycles. The topological polar surface area (TPSA) is 52.6 Å². The van der Waals surface area contributed by atoms with Gasteiger partial charge in [0.1, 0.15) is 11.0 Å². The molecule has 1 amide bonds. The van der Waals surface area contributed by atoms with Crippen LogP contribution >= 0.6 is 12.2 Å². The number of alkyl halides is 5. The number of nitrogens with zero attached hydrogens (tertiary/aromatic N) is 1. The molecular formula is C13H11F5N2O2S. The number of amides is 1. The zero-order valence-corrected chi connectivity index (χ0v) is 12.2. The molecule has 23 heavy (non-hydrogen) atoms. The van der Waals surface area contributed by atoms with Gasteiger partial charge in [0.05, 0.1) is 0 Å². The molecule has 1 atom stereocenters. The molecule has 0 unspecified atom stereocenters. The van der Waals surface area contributed by atoms with Crippen LogP contribution in [0.3, 0.4) is 0 Å². The van der Waals surface area contributed by atoms with Gasteiger partial charge in [0.25, 0.3) is 5.91 Å². The van der Waals surface area contributed by atoms with Gasteiger partial charge in [-0.1, -0.05) is 30.4 Å². The van der Waals surface area contributed by atoms with Crippen molar-refractivity contribution < 1.29 is 32.0 Å². The number of carbonyl (C=O) groups is 1. The van der Waals surface area contributed by atoms with Crippen LogP contribution in [0.25, 0.3) is 0 Å². The second-order valence-electron chi connectivity index (χ2n) is 4.93. The van der Waals surface area contributed by atoms with Crippen molar-refractivity contribution in [1.82, 2.24) is 10.4 Å². The molecule has 0 saturated carbocycles. The molecule has 1 saturated heterocycles. The number of hydrogen-bond donors (Lipinski definition) is 2. The second-order valence-corrected chi connectivity index (χ2v) is 5.32. The SMILES string of the molecule is O=C(NO)[C@H]1CCN1C(=S)c1cccc(C(F)(F)C(F)(F)F)c1. The monoisotopic (exact) mass is 354 g/mol. The van der Waals surface area contributed by atoms with Crippen molar-refractivity contribution in [2.75, 3.05) is 6.54 Å². The summed E-state index contributed by atoms with van der Waals surface area (Å²) in [6.07, 6.45) is -5.34. The average Bonchev–Trinajstić information content (AvgIpc) is 2.44. The molecule has 1 heterocycles. The van der Waals surface area contributed by atoms with E-state index in [4.69, 9.17) is 17.4 Å². The Bertz CT molecular complexity index is 635. The van der Waals surface area contributed by atoms with Gasteiger partial charge in [-0.25, -0.2) is 5.48 Å². The van der Waals surface area contributed by atoms with Crippen LogP contribution < -0.4 is 5.48 Å². The number of benzene rings is 1. The van der Waals surface area contributed by atoms with Crippen molar-refractivity contribution in [2.24, 2.45) is 0 Å². The molecule has 0 spiro atoms. The van der Waals surface area contributed by atoms with Crippen LogP contribution in [0, 0.1) is 0 Å². The lowest BCUT2D eigenvalue weighted by Crippen LogP contribution is -2.57. The molecule has 0 aliphatic carbocycles. The van der Waals surface area contributed by atoms with E-state index in [1.165, 1.54) is 16.4 Å². The van der Waals surface area contributed by atoms with E-state index < -0.39 is 29.6 Å². The Balaban J connectivity index is 2.27. The summed E-state index contributed by atoms with van der Waals surface area (Å²) in [6, 6.07) is 2.86. The van der Waals surface area contributed by atoms with Gasteiger partial charge in [-0.15, -0.1) is 0 Å². The minimum Gasteiger partial charge on any atom is -0.350 e. The highest BCUT2D eigenvalue weighted by atomic mass is 32.1. The summed E-state index contributed by atoms with van der Waals surface area (Å²) in [6.45, 7) is 0.330. The minimum absolute atomic E-state index is 0.0307. The maximum absolute atomic E-state index is 13.4. The van der Waals surface area contributed by atoms with Crippen molar-refractivity contribution >= 4 is 23.1 Å².